The molecule has 0 aliphatic carbocycles. The normalized spacial score (nSPS) is 23.0. The van der Waals surface area contributed by atoms with Crippen LogP contribution >= 0.6 is 0 Å². The van der Waals surface area contributed by atoms with Gasteiger partial charge in [-0.2, -0.15) is 0 Å². The summed E-state index contributed by atoms with van der Waals surface area (Å²) in [6.07, 6.45) is 1.45. The van der Waals surface area contributed by atoms with Crippen molar-refractivity contribution in [3.05, 3.63) is 34.1 Å². The Balaban J connectivity index is 2.33. The van der Waals surface area contributed by atoms with Crippen LogP contribution in [0, 0.1) is 15.9 Å². The molecular formula is C12H16FN3O4S. The number of hydrogen-bond donors (Lipinski definition) is 2. The first-order chi connectivity index (χ1) is 9.81. The van der Waals surface area contributed by atoms with Crippen LogP contribution in [0.4, 0.5) is 10.1 Å². The Labute approximate surface area is 121 Å². The van der Waals surface area contributed by atoms with Crippen molar-refractivity contribution in [1.29, 1.82) is 0 Å². The third-order valence-electron chi connectivity index (χ3n) is 3.48. The van der Waals surface area contributed by atoms with Crippen molar-refractivity contribution in [2.24, 2.45) is 0 Å². The van der Waals surface area contributed by atoms with Crippen molar-refractivity contribution < 1.29 is 17.7 Å². The Kier molecular flexibility index (Phi) is 4.55. The molecule has 0 amide bonds. The van der Waals surface area contributed by atoms with Crippen LogP contribution in [0.15, 0.2) is 23.1 Å². The van der Waals surface area contributed by atoms with Crippen LogP contribution in [0.2, 0.25) is 0 Å². The zero-order valence-corrected chi connectivity index (χ0v) is 12.2. The van der Waals surface area contributed by atoms with Gasteiger partial charge in [0.05, 0.1) is 11.0 Å². The van der Waals surface area contributed by atoms with Gasteiger partial charge in [0, 0.05) is 12.1 Å². The summed E-state index contributed by atoms with van der Waals surface area (Å²) >= 11 is 0. The molecule has 1 aliphatic heterocycles. The lowest BCUT2D eigenvalue weighted by atomic mass is 10.0. The highest BCUT2D eigenvalue weighted by atomic mass is 32.2. The number of nitro groups is 1. The maximum absolute atomic E-state index is 13.1. The zero-order valence-electron chi connectivity index (χ0n) is 11.4. The van der Waals surface area contributed by atoms with E-state index >= 15 is 0 Å². The largest absolute Gasteiger partial charge is 0.313 e. The highest BCUT2D eigenvalue weighted by Gasteiger charge is 2.31. The van der Waals surface area contributed by atoms with Gasteiger partial charge in [0.25, 0.3) is 5.69 Å². The molecule has 1 aliphatic rings. The van der Waals surface area contributed by atoms with Gasteiger partial charge in [0.15, 0.2) is 4.90 Å². The third-order valence-corrected chi connectivity index (χ3v) is 5.01. The fourth-order valence-corrected chi connectivity index (χ4v) is 3.83. The van der Waals surface area contributed by atoms with E-state index in [1.165, 1.54) is 0 Å². The van der Waals surface area contributed by atoms with Crippen molar-refractivity contribution in [2.45, 2.75) is 36.7 Å². The summed E-state index contributed by atoms with van der Waals surface area (Å²) in [5, 5.41) is 14.0. The molecule has 1 saturated heterocycles. The summed E-state index contributed by atoms with van der Waals surface area (Å²) in [6.45, 7) is 2.64. The first-order valence-corrected chi connectivity index (χ1v) is 7.99. The van der Waals surface area contributed by atoms with Crippen LogP contribution < -0.4 is 10.0 Å². The molecule has 1 fully saturated rings. The molecular weight excluding hydrogens is 301 g/mol. The fourth-order valence-electron chi connectivity index (χ4n) is 2.33. The van der Waals surface area contributed by atoms with Crippen LogP contribution in [0.3, 0.4) is 0 Å². The number of nitrogens with zero attached hydrogens (tertiary/aromatic N) is 1. The first-order valence-electron chi connectivity index (χ1n) is 6.51. The summed E-state index contributed by atoms with van der Waals surface area (Å²) in [7, 11) is -4.08. The van der Waals surface area contributed by atoms with Gasteiger partial charge in [-0.1, -0.05) is 0 Å². The zero-order chi connectivity index (χ0) is 15.6. The van der Waals surface area contributed by atoms with E-state index in [-0.39, 0.29) is 12.1 Å². The van der Waals surface area contributed by atoms with Gasteiger partial charge in [-0.3, -0.25) is 10.1 Å². The second-order valence-electron chi connectivity index (χ2n) is 4.98. The Morgan fingerprint density at radius 1 is 1.48 bits per heavy atom. The molecule has 9 heteroatoms. The maximum Gasteiger partial charge on any atom is 0.292 e. The molecule has 21 heavy (non-hydrogen) atoms. The molecule has 2 unspecified atom stereocenters. The number of benzene rings is 1. The lowest BCUT2D eigenvalue weighted by Gasteiger charge is -2.30. The molecule has 0 spiro atoms. The molecule has 116 valence electrons. The van der Waals surface area contributed by atoms with E-state index in [0.29, 0.717) is 12.5 Å². The summed E-state index contributed by atoms with van der Waals surface area (Å²) in [5.74, 6) is -0.853. The molecule has 0 saturated carbocycles. The predicted molar refractivity (Wildman–Crippen MR) is 73.9 cm³/mol. The lowest BCUT2D eigenvalue weighted by Crippen LogP contribution is -2.51. The number of rotatable bonds is 4. The number of sulfonamides is 1. The maximum atomic E-state index is 13.1. The minimum Gasteiger partial charge on any atom is -0.313 e. The summed E-state index contributed by atoms with van der Waals surface area (Å²) < 4.78 is 40.2. The van der Waals surface area contributed by atoms with Crippen molar-refractivity contribution in [3.8, 4) is 0 Å². The fraction of sp³-hybridized carbons (Fsp3) is 0.500. The molecule has 0 bridgehead atoms. The van der Waals surface area contributed by atoms with Crippen LogP contribution in [0.1, 0.15) is 19.8 Å². The van der Waals surface area contributed by atoms with Crippen molar-refractivity contribution in [3.63, 3.8) is 0 Å². The van der Waals surface area contributed by atoms with Gasteiger partial charge < -0.3 is 5.32 Å². The third kappa shape index (κ3) is 3.55. The second-order valence-corrected chi connectivity index (χ2v) is 6.66. The summed E-state index contributed by atoms with van der Waals surface area (Å²) in [6, 6.07) is 1.99. The van der Waals surface area contributed by atoms with E-state index in [0.717, 1.165) is 25.1 Å². The number of piperidine rings is 1. The standard InChI is InChI=1S/C12H16FN3O4S/c1-8-10(3-2-6-14-8)15-21(19,20)12-5-4-9(13)7-11(12)16(17)18/h4-5,7-8,10,14-15H,2-3,6H2,1H3. The highest BCUT2D eigenvalue weighted by Crippen LogP contribution is 2.25. The van der Waals surface area contributed by atoms with E-state index in [4.69, 9.17) is 0 Å². The number of halogens is 1. The SMILES string of the molecule is CC1NCCCC1NS(=O)(=O)c1ccc(F)cc1[N+](=O)[O-]. The molecule has 2 N–H and O–H groups in total. The molecule has 1 aromatic carbocycles. The smallest absolute Gasteiger partial charge is 0.292 e. The number of nitro benzene ring substituents is 1. The van der Waals surface area contributed by atoms with Crippen LogP contribution in [-0.2, 0) is 10.0 Å². The first kappa shape index (κ1) is 15.8. The van der Waals surface area contributed by atoms with Gasteiger partial charge in [-0.25, -0.2) is 17.5 Å². The van der Waals surface area contributed by atoms with Crippen molar-refractivity contribution in [1.82, 2.24) is 10.0 Å². The summed E-state index contributed by atoms with van der Waals surface area (Å²) in [5.41, 5.74) is -0.765. The molecule has 2 rings (SSSR count). The molecule has 0 aromatic heterocycles. The lowest BCUT2D eigenvalue weighted by molar-refractivity contribution is -0.388. The molecule has 2 atom stereocenters. The van der Waals surface area contributed by atoms with Crippen LogP contribution in [-0.4, -0.2) is 32.0 Å². The topological polar surface area (TPSA) is 101 Å². The van der Waals surface area contributed by atoms with Gasteiger partial charge in [0.1, 0.15) is 5.82 Å². The van der Waals surface area contributed by atoms with Crippen molar-refractivity contribution in [2.75, 3.05) is 6.54 Å². The second kappa shape index (κ2) is 6.04. The summed E-state index contributed by atoms with van der Waals surface area (Å²) in [4.78, 5) is 9.49. The Bertz CT molecular complexity index is 650. The van der Waals surface area contributed by atoms with Gasteiger partial charge in [-0.05, 0) is 38.4 Å². The van der Waals surface area contributed by atoms with Crippen molar-refractivity contribution >= 4 is 15.7 Å². The molecule has 0 radical (unpaired) electrons. The van der Waals surface area contributed by atoms with E-state index < -0.39 is 31.3 Å². The Morgan fingerprint density at radius 2 is 2.19 bits per heavy atom. The van der Waals surface area contributed by atoms with Crippen LogP contribution in [0.25, 0.3) is 0 Å². The van der Waals surface area contributed by atoms with Gasteiger partial charge >= 0.3 is 0 Å². The van der Waals surface area contributed by atoms with Gasteiger partial charge in [0.2, 0.25) is 10.0 Å². The van der Waals surface area contributed by atoms with Crippen LogP contribution in [0.5, 0.6) is 0 Å². The Morgan fingerprint density at radius 3 is 2.81 bits per heavy atom. The van der Waals surface area contributed by atoms with E-state index in [1.807, 2.05) is 6.92 Å². The molecule has 1 aromatic rings. The van der Waals surface area contributed by atoms with Gasteiger partial charge in [-0.15, -0.1) is 0 Å². The average molecular weight is 317 g/mol. The predicted octanol–water partition coefficient (Wildman–Crippen LogP) is 1.15. The quantitative estimate of drug-likeness (QED) is 0.641. The number of hydrogen-bond acceptors (Lipinski definition) is 5. The minimum atomic E-state index is -4.08. The average Bonchev–Trinajstić information content (AvgIpc) is 2.40. The van der Waals surface area contributed by atoms with E-state index in [1.54, 1.807) is 0 Å². The molecule has 1 heterocycles. The van der Waals surface area contributed by atoms with E-state index in [2.05, 4.69) is 10.0 Å². The minimum absolute atomic E-state index is 0.0759. The Hall–Kier alpha value is -1.58. The molecule has 7 nitrogen and oxygen atoms in total. The highest BCUT2D eigenvalue weighted by molar-refractivity contribution is 7.89. The monoisotopic (exact) mass is 317 g/mol. The van der Waals surface area contributed by atoms with E-state index in [9.17, 15) is 22.9 Å². The number of nitrogens with one attached hydrogen (secondary N) is 2.